The summed E-state index contributed by atoms with van der Waals surface area (Å²) >= 11 is 0. The maximum atomic E-state index is 2.52. The lowest BCUT2D eigenvalue weighted by Crippen LogP contribution is -2.28. The first-order valence-corrected chi connectivity index (χ1v) is 24.7. The van der Waals surface area contributed by atoms with Gasteiger partial charge in [-0.3, -0.25) is 0 Å². The van der Waals surface area contributed by atoms with E-state index in [4.69, 9.17) is 0 Å². The molecule has 2 unspecified atom stereocenters. The Morgan fingerprint density at radius 2 is 1.03 bits per heavy atom. The van der Waals surface area contributed by atoms with Gasteiger partial charge in [0.15, 0.2) is 0 Å². The minimum Gasteiger partial charge on any atom is -0.333 e. The summed E-state index contributed by atoms with van der Waals surface area (Å²) in [5.41, 5.74) is 16.7. The van der Waals surface area contributed by atoms with E-state index in [0.717, 1.165) is 22.7 Å². The molecular weight excluding hydrogens is 859 g/mol. The third-order valence-electron chi connectivity index (χ3n) is 14.9. The predicted molar refractivity (Wildman–Crippen MR) is 300 cm³/mol. The molecule has 2 aliphatic rings. The van der Waals surface area contributed by atoms with Gasteiger partial charge in [-0.1, -0.05) is 212 Å². The fraction of sp³-hybridized carbons (Fsp3) is 0.0294. The molecule has 0 fully saturated rings. The quantitative estimate of drug-likeness (QED) is 0.151. The van der Waals surface area contributed by atoms with E-state index in [0.29, 0.717) is 0 Å². The number of hydrogen-bond donors (Lipinski definition) is 0. The molecule has 0 N–H and O–H groups in total. The summed E-state index contributed by atoms with van der Waals surface area (Å²) in [5.74, 6) is 0.236. The molecule has 0 spiro atoms. The lowest BCUT2D eigenvalue weighted by molar-refractivity contribution is 0.745. The van der Waals surface area contributed by atoms with Gasteiger partial charge < -0.3 is 14.4 Å². The van der Waals surface area contributed by atoms with Gasteiger partial charge in [-0.2, -0.15) is 0 Å². The minimum atomic E-state index is 0.213. The van der Waals surface area contributed by atoms with Gasteiger partial charge >= 0.3 is 0 Å². The fourth-order valence-corrected chi connectivity index (χ4v) is 11.7. The van der Waals surface area contributed by atoms with Crippen LogP contribution in [-0.4, -0.2) is 10.6 Å². The van der Waals surface area contributed by atoms with Crippen molar-refractivity contribution in [2.24, 2.45) is 0 Å². The van der Waals surface area contributed by atoms with Crippen LogP contribution in [0.3, 0.4) is 0 Å². The minimum absolute atomic E-state index is 0.213. The van der Waals surface area contributed by atoms with Crippen molar-refractivity contribution in [1.29, 1.82) is 0 Å². The summed E-state index contributed by atoms with van der Waals surface area (Å²) in [4.78, 5) is 4.96. The van der Waals surface area contributed by atoms with Gasteiger partial charge in [-0.25, -0.2) is 0 Å². The van der Waals surface area contributed by atoms with Gasteiger partial charge in [0.2, 0.25) is 0 Å². The molecular formula is C68H47N3. The van der Waals surface area contributed by atoms with Crippen LogP contribution >= 0.6 is 0 Å². The Hall–Kier alpha value is -9.18. The first kappa shape index (κ1) is 40.8. The number of para-hydroxylation sites is 1. The lowest BCUT2D eigenvalue weighted by Gasteiger charge is -2.29. The Balaban J connectivity index is 0.945. The number of rotatable bonds is 8. The van der Waals surface area contributed by atoms with E-state index in [1.807, 2.05) is 0 Å². The second-order valence-corrected chi connectivity index (χ2v) is 18.8. The molecule has 1 aliphatic heterocycles. The average Bonchev–Trinajstić information content (AvgIpc) is 3.97. The van der Waals surface area contributed by atoms with Gasteiger partial charge in [0.25, 0.3) is 0 Å². The predicted octanol–water partition coefficient (Wildman–Crippen LogP) is 18.3. The SMILES string of the molecule is C1=CC2c3cc(N(c4ccc(-c5cccc6c5ccc5c(-c7ccccc7)c(-c7ccccc7)n(-c7ccc8ccccc8c7)c56)cc4)c4cccc5ccccc45)ccc3N(c3ccccc3)C2C=C1. The summed E-state index contributed by atoms with van der Waals surface area (Å²) in [6, 6.07) is 91.7. The standard InChI is InChI=1S/C68H47N3/c1-4-20-49(21-5-1)66-61-42-41-58-56(30-17-31-60(58)68(61)71(67(66)50-22-6-2-7-23-50)54-39-34-46-18-10-11-24-51(46)44-54)48-35-37-53(38-36-48)69(63-33-16-25-47-19-12-13-28-57(47)63)55-40-43-65-62(45-55)59-29-14-15-32-64(59)70(65)52-26-8-3-9-27-52/h1-45,59,64H. The van der Waals surface area contributed by atoms with Crippen LogP contribution in [0, 0.1) is 0 Å². The Bertz CT molecular complexity index is 4050. The number of aromatic nitrogens is 1. The molecule has 11 aromatic carbocycles. The van der Waals surface area contributed by atoms with Crippen molar-refractivity contribution >= 4 is 71.7 Å². The van der Waals surface area contributed by atoms with Gasteiger partial charge in [0, 0.05) is 56.1 Å². The number of nitrogens with zero attached hydrogens (tertiary/aromatic N) is 3. The molecule has 0 saturated heterocycles. The van der Waals surface area contributed by atoms with E-state index >= 15 is 0 Å². The molecule has 0 bridgehead atoms. The number of fused-ring (bicyclic) bond motifs is 8. The van der Waals surface area contributed by atoms with E-state index in [-0.39, 0.29) is 12.0 Å². The van der Waals surface area contributed by atoms with Gasteiger partial charge in [-0.15, -0.1) is 0 Å². The highest BCUT2D eigenvalue weighted by molar-refractivity contribution is 6.18. The molecule has 1 aliphatic carbocycles. The number of hydrogen-bond acceptors (Lipinski definition) is 2. The Labute approximate surface area is 413 Å². The summed E-state index contributed by atoms with van der Waals surface area (Å²) < 4.78 is 2.52. The third-order valence-corrected chi connectivity index (χ3v) is 14.9. The molecule has 14 rings (SSSR count). The van der Waals surface area contributed by atoms with Gasteiger partial charge in [0.05, 0.1) is 22.9 Å². The van der Waals surface area contributed by atoms with Crippen LogP contribution in [0.25, 0.3) is 82.4 Å². The third kappa shape index (κ3) is 6.73. The maximum Gasteiger partial charge on any atom is 0.0629 e. The zero-order chi connectivity index (χ0) is 46.8. The summed E-state index contributed by atoms with van der Waals surface area (Å²) in [5, 5.41) is 8.51. The molecule has 71 heavy (non-hydrogen) atoms. The van der Waals surface area contributed by atoms with Crippen molar-refractivity contribution in [2.75, 3.05) is 9.80 Å². The van der Waals surface area contributed by atoms with E-state index in [9.17, 15) is 0 Å². The molecule has 0 radical (unpaired) electrons. The number of anilines is 5. The topological polar surface area (TPSA) is 11.4 Å². The molecule has 3 heteroatoms. The summed E-state index contributed by atoms with van der Waals surface area (Å²) in [6.45, 7) is 0. The van der Waals surface area contributed by atoms with Crippen molar-refractivity contribution in [1.82, 2.24) is 4.57 Å². The van der Waals surface area contributed by atoms with Crippen LogP contribution in [0.1, 0.15) is 11.5 Å². The zero-order valence-corrected chi connectivity index (χ0v) is 39.0. The van der Waals surface area contributed by atoms with Crippen LogP contribution in [0.2, 0.25) is 0 Å². The Morgan fingerprint density at radius 1 is 0.380 bits per heavy atom. The van der Waals surface area contributed by atoms with E-state index < -0.39 is 0 Å². The van der Waals surface area contributed by atoms with Crippen molar-refractivity contribution in [3.63, 3.8) is 0 Å². The van der Waals surface area contributed by atoms with Gasteiger partial charge in [0.1, 0.15) is 0 Å². The van der Waals surface area contributed by atoms with Crippen molar-refractivity contribution in [2.45, 2.75) is 12.0 Å². The van der Waals surface area contributed by atoms with Gasteiger partial charge in [-0.05, 0) is 110 Å². The molecule has 12 aromatic rings. The van der Waals surface area contributed by atoms with E-state index in [1.54, 1.807) is 0 Å². The molecule has 334 valence electrons. The molecule has 0 saturated carbocycles. The van der Waals surface area contributed by atoms with Crippen LogP contribution in [0.5, 0.6) is 0 Å². The normalized spacial score (nSPS) is 14.9. The molecule has 2 heterocycles. The van der Waals surface area contributed by atoms with Crippen LogP contribution < -0.4 is 9.80 Å². The second kappa shape index (κ2) is 16.8. The smallest absolute Gasteiger partial charge is 0.0629 e. The Kier molecular flexibility index (Phi) is 9.67. The van der Waals surface area contributed by atoms with Crippen molar-refractivity contribution in [3.05, 3.63) is 279 Å². The van der Waals surface area contributed by atoms with Crippen molar-refractivity contribution in [3.8, 4) is 39.2 Å². The summed E-state index contributed by atoms with van der Waals surface area (Å²) in [7, 11) is 0. The summed E-state index contributed by atoms with van der Waals surface area (Å²) in [6.07, 6.45) is 9.12. The highest BCUT2D eigenvalue weighted by Crippen LogP contribution is 2.51. The van der Waals surface area contributed by atoms with E-state index in [1.165, 1.54) is 93.7 Å². The zero-order valence-electron chi connectivity index (χ0n) is 39.0. The fourth-order valence-electron chi connectivity index (χ4n) is 11.7. The van der Waals surface area contributed by atoms with Crippen molar-refractivity contribution < 1.29 is 0 Å². The first-order valence-electron chi connectivity index (χ1n) is 24.7. The number of allylic oxidation sites excluding steroid dienone is 2. The highest BCUT2D eigenvalue weighted by atomic mass is 15.2. The molecule has 3 nitrogen and oxygen atoms in total. The Morgan fingerprint density at radius 3 is 1.85 bits per heavy atom. The van der Waals surface area contributed by atoms with Crippen LogP contribution in [-0.2, 0) is 0 Å². The maximum absolute atomic E-state index is 2.52. The molecule has 2 atom stereocenters. The molecule has 0 amide bonds. The largest absolute Gasteiger partial charge is 0.333 e. The number of benzene rings is 11. The van der Waals surface area contributed by atoms with Crippen LogP contribution in [0.15, 0.2) is 273 Å². The van der Waals surface area contributed by atoms with Crippen LogP contribution in [0.4, 0.5) is 28.4 Å². The second-order valence-electron chi connectivity index (χ2n) is 18.8. The molecule has 1 aromatic heterocycles. The lowest BCUT2D eigenvalue weighted by atomic mass is 9.91. The van der Waals surface area contributed by atoms with E-state index in [2.05, 4.69) is 287 Å². The average molecular weight is 906 g/mol. The first-order chi connectivity index (χ1) is 35.2. The monoisotopic (exact) mass is 905 g/mol. The highest BCUT2D eigenvalue weighted by Gasteiger charge is 2.38.